The van der Waals surface area contributed by atoms with Gasteiger partial charge in [0.2, 0.25) is 0 Å². The SMILES string of the molecule is CC1(C)Cc2cc(Cl)cc(-c3cc(N)no3)c2O1. The quantitative estimate of drug-likeness (QED) is 0.859. The van der Waals surface area contributed by atoms with Crippen LogP contribution in [0.2, 0.25) is 5.02 Å². The van der Waals surface area contributed by atoms with Gasteiger partial charge in [0.05, 0.1) is 5.56 Å². The minimum absolute atomic E-state index is 0.229. The largest absolute Gasteiger partial charge is 0.486 e. The van der Waals surface area contributed by atoms with Crippen molar-refractivity contribution in [2.24, 2.45) is 0 Å². The first-order valence-electron chi connectivity index (χ1n) is 5.69. The number of benzene rings is 1. The number of aromatic nitrogens is 1. The highest BCUT2D eigenvalue weighted by Gasteiger charge is 2.33. The van der Waals surface area contributed by atoms with Gasteiger partial charge in [-0.05, 0) is 26.0 Å². The van der Waals surface area contributed by atoms with Crippen LogP contribution in [-0.4, -0.2) is 10.8 Å². The van der Waals surface area contributed by atoms with Crippen molar-refractivity contribution >= 4 is 17.4 Å². The van der Waals surface area contributed by atoms with Crippen molar-refractivity contribution in [1.82, 2.24) is 5.16 Å². The molecule has 0 radical (unpaired) electrons. The maximum atomic E-state index is 6.13. The molecule has 5 heteroatoms. The van der Waals surface area contributed by atoms with E-state index in [1.807, 2.05) is 26.0 Å². The molecule has 1 aliphatic rings. The molecule has 0 amide bonds. The Bertz CT molecular complexity index is 619. The lowest BCUT2D eigenvalue weighted by atomic mass is 10.00. The van der Waals surface area contributed by atoms with E-state index in [1.165, 1.54) is 0 Å². The summed E-state index contributed by atoms with van der Waals surface area (Å²) in [4.78, 5) is 0. The van der Waals surface area contributed by atoms with Gasteiger partial charge in [-0.2, -0.15) is 0 Å². The summed E-state index contributed by atoms with van der Waals surface area (Å²) in [6.45, 7) is 4.08. The molecule has 0 unspecified atom stereocenters. The predicted molar refractivity (Wildman–Crippen MR) is 69.8 cm³/mol. The van der Waals surface area contributed by atoms with E-state index in [4.69, 9.17) is 26.6 Å². The van der Waals surface area contributed by atoms with Gasteiger partial charge in [-0.3, -0.25) is 0 Å². The van der Waals surface area contributed by atoms with Crippen molar-refractivity contribution in [2.75, 3.05) is 5.73 Å². The molecule has 1 aromatic heterocycles. The number of nitrogens with zero attached hydrogens (tertiary/aromatic N) is 1. The Morgan fingerprint density at radius 3 is 2.78 bits per heavy atom. The monoisotopic (exact) mass is 264 g/mol. The molecule has 2 aromatic rings. The van der Waals surface area contributed by atoms with Gasteiger partial charge in [-0.1, -0.05) is 16.8 Å². The van der Waals surface area contributed by atoms with Crippen molar-refractivity contribution in [2.45, 2.75) is 25.9 Å². The maximum absolute atomic E-state index is 6.13. The van der Waals surface area contributed by atoms with Gasteiger partial charge >= 0.3 is 0 Å². The van der Waals surface area contributed by atoms with Gasteiger partial charge in [0.1, 0.15) is 11.4 Å². The van der Waals surface area contributed by atoms with Crippen LogP contribution < -0.4 is 10.5 Å². The van der Waals surface area contributed by atoms with Crippen LogP contribution in [0.3, 0.4) is 0 Å². The zero-order chi connectivity index (χ0) is 12.9. The topological polar surface area (TPSA) is 61.3 Å². The Morgan fingerprint density at radius 1 is 1.33 bits per heavy atom. The maximum Gasteiger partial charge on any atom is 0.172 e. The van der Waals surface area contributed by atoms with Crippen molar-refractivity contribution in [3.05, 3.63) is 28.8 Å². The van der Waals surface area contributed by atoms with Crippen molar-refractivity contribution in [3.8, 4) is 17.1 Å². The lowest BCUT2D eigenvalue weighted by Gasteiger charge is -2.17. The minimum atomic E-state index is -0.229. The van der Waals surface area contributed by atoms with Crippen LogP contribution in [0.15, 0.2) is 22.7 Å². The predicted octanol–water partition coefficient (Wildman–Crippen LogP) is 3.29. The molecule has 1 aromatic carbocycles. The molecular formula is C13H13ClN2O2. The summed E-state index contributed by atoms with van der Waals surface area (Å²) in [5.74, 6) is 1.72. The summed E-state index contributed by atoms with van der Waals surface area (Å²) in [6.07, 6.45) is 0.819. The molecule has 2 N–H and O–H groups in total. The molecule has 0 saturated carbocycles. The lowest BCUT2D eigenvalue weighted by Crippen LogP contribution is -2.24. The Hall–Kier alpha value is -1.68. The smallest absolute Gasteiger partial charge is 0.172 e. The second-order valence-corrected chi connectivity index (χ2v) is 5.53. The highest BCUT2D eigenvalue weighted by atomic mass is 35.5. The highest BCUT2D eigenvalue weighted by molar-refractivity contribution is 6.31. The minimum Gasteiger partial charge on any atom is -0.486 e. The fourth-order valence-electron chi connectivity index (χ4n) is 2.27. The van der Waals surface area contributed by atoms with Crippen LogP contribution in [-0.2, 0) is 6.42 Å². The number of nitrogens with two attached hydrogens (primary N) is 1. The molecule has 2 heterocycles. The van der Waals surface area contributed by atoms with Crippen LogP contribution in [0.1, 0.15) is 19.4 Å². The molecule has 4 nitrogen and oxygen atoms in total. The molecule has 94 valence electrons. The Balaban J connectivity index is 2.17. The summed E-state index contributed by atoms with van der Waals surface area (Å²) in [6, 6.07) is 5.40. The van der Waals surface area contributed by atoms with E-state index in [0.29, 0.717) is 16.6 Å². The number of hydrogen-bond donors (Lipinski definition) is 1. The average molecular weight is 265 g/mol. The van der Waals surface area contributed by atoms with Gasteiger partial charge in [-0.15, -0.1) is 0 Å². The number of halogens is 1. The zero-order valence-electron chi connectivity index (χ0n) is 10.2. The number of nitrogen functional groups attached to an aromatic ring is 1. The first-order valence-corrected chi connectivity index (χ1v) is 6.06. The van der Waals surface area contributed by atoms with Gasteiger partial charge in [0, 0.05) is 23.1 Å². The zero-order valence-corrected chi connectivity index (χ0v) is 10.9. The number of anilines is 1. The van der Waals surface area contributed by atoms with Crippen LogP contribution in [0.4, 0.5) is 5.82 Å². The molecule has 0 saturated heterocycles. The van der Waals surface area contributed by atoms with Crippen LogP contribution in [0, 0.1) is 0 Å². The van der Waals surface area contributed by atoms with E-state index in [-0.39, 0.29) is 5.60 Å². The third kappa shape index (κ3) is 1.82. The fraction of sp³-hybridized carbons (Fsp3) is 0.308. The molecule has 0 fully saturated rings. The third-order valence-electron chi connectivity index (χ3n) is 2.92. The van der Waals surface area contributed by atoms with E-state index in [2.05, 4.69) is 5.16 Å². The van der Waals surface area contributed by atoms with E-state index < -0.39 is 0 Å². The molecule has 0 bridgehead atoms. The normalized spacial score (nSPS) is 16.4. The Labute approximate surface area is 110 Å². The first kappa shape index (κ1) is 11.4. The summed E-state index contributed by atoms with van der Waals surface area (Å²) in [5.41, 5.74) is 7.22. The summed E-state index contributed by atoms with van der Waals surface area (Å²) in [5, 5.41) is 4.34. The van der Waals surface area contributed by atoms with Crippen LogP contribution >= 0.6 is 11.6 Å². The molecule has 0 aliphatic carbocycles. The summed E-state index contributed by atoms with van der Waals surface area (Å²) < 4.78 is 11.1. The summed E-state index contributed by atoms with van der Waals surface area (Å²) in [7, 11) is 0. The van der Waals surface area contributed by atoms with E-state index in [9.17, 15) is 0 Å². The van der Waals surface area contributed by atoms with E-state index in [0.717, 1.165) is 23.3 Å². The van der Waals surface area contributed by atoms with Crippen LogP contribution in [0.25, 0.3) is 11.3 Å². The molecule has 0 atom stereocenters. The number of fused-ring (bicyclic) bond motifs is 1. The molecule has 18 heavy (non-hydrogen) atoms. The van der Waals surface area contributed by atoms with Gasteiger partial charge in [-0.25, -0.2) is 0 Å². The molecule has 0 spiro atoms. The number of ether oxygens (including phenoxy) is 1. The average Bonchev–Trinajstić information content (AvgIpc) is 2.79. The van der Waals surface area contributed by atoms with E-state index in [1.54, 1.807) is 6.07 Å². The molecule has 1 aliphatic heterocycles. The van der Waals surface area contributed by atoms with Gasteiger partial charge in [0.25, 0.3) is 0 Å². The lowest BCUT2D eigenvalue weighted by molar-refractivity contribution is 0.139. The fourth-order valence-corrected chi connectivity index (χ4v) is 2.51. The van der Waals surface area contributed by atoms with Crippen molar-refractivity contribution < 1.29 is 9.26 Å². The summed E-state index contributed by atoms with van der Waals surface area (Å²) >= 11 is 6.13. The van der Waals surface area contributed by atoms with Gasteiger partial charge < -0.3 is 15.0 Å². The highest BCUT2D eigenvalue weighted by Crippen LogP contribution is 2.44. The second-order valence-electron chi connectivity index (χ2n) is 5.10. The van der Waals surface area contributed by atoms with Crippen molar-refractivity contribution in [1.29, 1.82) is 0 Å². The van der Waals surface area contributed by atoms with Gasteiger partial charge in [0.15, 0.2) is 11.6 Å². The second kappa shape index (κ2) is 3.65. The van der Waals surface area contributed by atoms with Crippen LogP contribution in [0.5, 0.6) is 5.75 Å². The Kier molecular flexibility index (Phi) is 2.32. The van der Waals surface area contributed by atoms with E-state index >= 15 is 0 Å². The number of rotatable bonds is 1. The third-order valence-corrected chi connectivity index (χ3v) is 3.14. The number of hydrogen-bond acceptors (Lipinski definition) is 4. The molecular weight excluding hydrogens is 252 g/mol. The standard InChI is InChI=1S/C13H13ClN2O2/c1-13(2)6-7-3-8(14)4-9(12(7)17-13)10-5-11(15)16-18-10/h3-5H,6H2,1-2H3,(H2,15,16). The molecule has 3 rings (SSSR count). The Morgan fingerprint density at radius 2 is 2.11 bits per heavy atom. The first-order chi connectivity index (χ1) is 8.44. The van der Waals surface area contributed by atoms with Crippen molar-refractivity contribution in [3.63, 3.8) is 0 Å².